The van der Waals surface area contributed by atoms with Crippen molar-refractivity contribution in [3.63, 3.8) is 0 Å². The summed E-state index contributed by atoms with van der Waals surface area (Å²) in [7, 11) is 0. The van der Waals surface area contributed by atoms with Crippen molar-refractivity contribution < 1.29 is 9.90 Å². The van der Waals surface area contributed by atoms with E-state index in [0.717, 1.165) is 11.1 Å². The first-order chi connectivity index (χ1) is 12.1. The fraction of sp³-hybridized carbons (Fsp3) is 0.167. The second kappa shape index (κ2) is 7.92. The molecule has 1 amide bonds. The predicted octanol–water partition coefficient (Wildman–Crippen LogP) is 2.60. The van der Waals surface area contributed by atoms with Gasteiger partial charge in [-0.25, -0.2) is 9.67 Å². The lowest BCUT2D eigenvalue weighted by Gasteiger charge is -2.10. The lowest BCUT2D eigenvalue weighted by atomic mass is 10.1. The average Bonchev–Trinajstić information content (AvgIpc) is 3.09. The third-order valence-electron chi connectivity index (χ3n) is 3.63. The van der Waals surface area contributed by atoms with Gasteiger partial charge in [-0.15, -0.1) is 5.10 Å². The molecule has 2 N–H and O–H groups in total. The SMILES string of the molecule is O=C(NCc1cccc(Cl)c1)c1ncn(CC(O)c2ccccc2)n1. The van der Waals surface area contributed by atoms with Crippen molar-refractivity contribution in [2.24, 2.45) is 0 Å². The van der Waals surface area contributed by atoms with Gasteiger partial charge in [0.05, 0.1) is 12.6 Å². The summed E-state index contributed by atoms with van der Waals surface area (Å²) >= 11 is 5.92. The van der Waals surface area contributed by atoms with Crippen LogP contribution in [0.3, 0.4) is 0 Å². The molecule has 1 atom stereocenters. The first-order valence-corrected chi connectivity index (χ1v) is 8.15. The van der Waals surface area contributed by atoms with Crippen LogP contribution < -0.4 is 5.32 Å². The van der Waals surface area contributed by atoms with E-state index in [-0.39, 0.29) is 18.3 Å². The maximum absolute atomic E-state index is 12.1. The van der Waals surface area contributed by atoms with Crippen LogP contribution in [0.15, 0.2) is 60.9 Å². The zero-order chi connectivity index (χ0) is 17.6. The maximum Gasteiger partial charge on any atom is 0.291 e. The Kier molecular flexibility index (Phi) is 5.42. The number of nitrogens with zero attached hydrogens (tertiary/aromatic N) is 3. The van der Waals surface area contributed by atoms with Crippen LogP contribution in [0.5, 0.6) is 0 Å². The van der Waals surface area contributed by atoms with Crippen molar-refractivity contribution in [3.8, 4) is 0 Å². The molecule has 2 aromatic carbocycles. The van der Waals surface area contributed by atoms with E-state index in [4.69, 9.17) is 11.6 Å². The molecule has 3 aromatic rings. The largest absolute Gasteiger partial charge is 0.386 e. The van der Waals surface area contributed by atoms with Crippen LogP contribution in [-0.4, -0.2) is 25.8 Å². The fourth-order valence-corrected chi connectivity index (χ4v) is 2.57. The predicted molar refractivity (Wildman–Crippen MR) is 94.0 cm³/mol. The van der Waals surface area contributed by atoms with E-state index >= 15 is 0 Å². The Balaban J connectivity index is 1.58. The summed E-state index contributed by atoms with van der Waals surface area (Å²) < 4.78 is 1.45. The van der Waals surface area contributed by atoms with Crippen molar-refractivity contribution in [1.29, 1.82) is 0 Å². The first-order valence-electron chi connectivity index (χ1n) is 7.77. The molecule has 6 nitrogen and oxygen atoms in total. The molecule has 128 valence electrons. The summed E-state index contributed by atoms with van der Waals surface area (Å²) in [5, 5.41) is 17.7. The number of hydrogen-bond acceptors (Lipinski definition) is 4. The molecule has 1 aromatic heterocycles. The van der Waals surface area contributed by atoms with Crippen LogP contribution in [0.1, 0.15) is 27.8 Å². The fourth-order valence-electron chi connectivity index (χ4n) is 2.35. The lowest BCUT2D eigenvalue weighted by molar-refractivity contribution is 0.0938. The van der Waals surface area contributed by atoms with Crippen molar-refractivity contribution in [3.05, 3.63) is 82.9 Å². The molecule has 0 aliphatic rings. The summed E-state index contributed by atoms with van der Waals surface area (Å²) in [4.78, 5) is 16.1. The number of carbonyl (C=O) groups excluding carboxylic acids is 1. The maximum atomic E-state index is 12.1. The van der Waals surface area contributed by atoms with E-state index in [2.05, 4.69) is 15.4 Å². The zero-order valence-electron chi connectivity index (χ0n) is 13.3. The quantitative estimate of drug-likeness (QED) is 0.711. The molecular weight excluding hydrogens is 340 g/mol. The van der Waals surface area contributed by atoms with Crippen LogP contribution in [-0.2, 0) is 13.1 Å². The van der Waals surface area contributed by atoms with Crippen LogP contribution >= 0.6 is 11.6 Å². The average molecular weight is 357 g/mol. The number of aliphatic hydroxyl groups excluding tert-OH is 1. The van der Waals surface area contributed by atoms with Crippen LogP contribution in [0.2, 0.25) is 5.02 Å². The highest BCUT2D eigenvalue weighted by Gasteiger charge is 2.14. The number of hydrogen-bond donors (Lipinski definition) is 2. The lowest BCUT2D eigenvalue weighted by Crippen LogP contribution is -2.24. The molecule has 1 heterocycles. The molecule has 0 saturated heterocycles. The molecule has 0 radical (unpaired) electrons. The van der Waals surface area contributed by atoms with Gasteiger partial charge in [0.1, 0.15) is 6.33 Å². The van der Waals surface area contributed by atoms with E-state index in [1.165, 1.54) is 11.0 Å². The first kappa shape index (κ1) is 17.1. The van der Waals surface area contributed by atoms with E-state index in [1.54, 1.807) is 12.1 Å². The third kappa shape index (κ3) is 4.65. The van der Waals surface area contributed by atoms with Gasteiger partial charge >= 0.3 is 0 Å². The van der Waals surface area contributed by atoms with Gasteiger partial charge in [-0.1, -0.05) is 54.1 Å². The Labute approximate surface area is 150 Å². The van der Waals surface area contributed by atoms with E-state index < -0.39 is 6.10 Å². The van der Waals surface area contributed by atoms with E-state index in [0.29, 0.717) is 11.6 Å². The van der Waals surface area contributed by atoms with Gasteiger partial charge in [-0.2, -0.15) is 0 Å². The number of rotatable bonds is 6. The summed E-state index contributed by atoms with van der Waals surface area (Å²) in [5.74, 6) is -0.324. The molecule has 3 rings (SSSR count). The van der Waals surface area contributed by atoms with Gasteiger partial charge in [0.25, 0.3) is 5.91 Å². The number of aliphatic hydroxyl groups is 1. The smallest absolute Gasteiger partial charge is 0.291 e. The molecule has 0 aliphatic carbocycles. The summed E-state index contributed by atoms with van der Waals surface area (Å²) in [5.41, 5.74) is 1.67. The minimum atomic E-state index is -0.717. The van der Waals surface area contributed by atoms with Gasteiger partial charge in [0.15, 0.2) is 0 Å². The molecule has 0 saturated carbocycles. The van der Waals surface area contributed by atoms with Crippen LogP contribution in [0.4, 0.5) is 0 Å². The van der Waals surface area contributed by atoms with Crippen molar-refractivity contribution in [2.45, 2.75) is 19.2 Å². The van der Waals surface area contributed by atoms with Crippen molar-refractivity contribution >= 4 is 17.5 Å². The summed E-state index contributed by atoms with van der Waals surface area (Å²) in [6.45, 7) is 0.555. The van der Waals surface area contributed by atoms with E-state index in [1.807, 2.05) is 42.5 Å². The third-order valence-corrected chi connectivity index (χ3v) is 3.86. The topological polar surface area (TPSA) is 80.0 Å². The Morgan fingerprint density at radius 1 is 1.20 bits per heavy atom. The highest BCUT2D eigenvalue weighted by Crippen LogP contribution is 2.14. The Morgan fingerprint density at radius 2 is 2.00 bits per heavy atom. The molecule has 7 heteroatoms. The van der Waals surface area contributed by atoms with Gasteiger partial charge in [0.2, 0.25) is 5.82 Å². The summed E-state index contributed by atoms with van der Waals surface area (Å²) in [6, 6.07) is 16.5. The number of carbonyl (C=O) groups is 1. The Hall–Kier alpha value is -2.70. The molecule has 0 bridgehead atoms. The summed E-state index contributed by atoms with van der Waals surface area (Å²) in [6.07, 6.45) is 0.714. The van der Waals surface area contributed by atoms with Gasteiger partial charge in [-0.3, -0.25) is 4.79 Å². The van der Waals surface area contributed by atoms with Crippen LogP contribution in [0.25, 0.3) is 0 Å². The number of halogens is 1. The monoisotopic (exact) mass is 356 g/mol. The minimum absolute atomic E-state index is 0.0577. The number of nitrogens with one attached hydrogen (secondary N) is 1. The van der Waals surface area contributed by atoms with Gasteiger partial charge in [0, 0.05) is 11.6 Å². The molecule has 25 heavy (non-hydrogen) atoms. The van der Waals surface area contributed by atoms with Crippen molar-refractivity contribution in [2.75, 3.05) is 0 Å². The normalized spacial score (nSPS) is 11.9. The van der Waals surface area contributed by atoms with E-state index in [9.17, 15) is 9.90 Å². The number of aromatic nitrogens is 3. The molecule has 0 fully saturated rings. The Morgan fingerprint density at radius 3 is 2.76 bits per heavy atom. The number of benzene rings is 2. The van der Waals surface area contributed by atoms with Gasteiger partial charge < -0.3 is 10.4 Å². The highest BCUT2D eigenvalue weighted by atomic mass is 35.5. The second-order valence-corrected chi connectivity index (χ2v) is 5.97. The molecular formula is C18H17ClN4O2. The second-order valence-electron chi connectivity index (χ2n) is 5.53. The minimum Gasteiger partial charge on any atom is -0.386 e. The standard InChI is InChI=1S/C18H17ClN4O2/c19-15-8-4-5-13(9-15)10-20-18(25)17-21-12-23(22-17)11-16(24)14-6-2-1-3-7-14/h1-9,12,16,24H,10-11H2,(H,20,25). The molecule has 0 spiro atoms. The van der Waals surface area contributed by atoms with Crippen LogP contribution in [0, 0.1) is 0 Å². The van der Waals surface area contributed by atoms with Crippen molar-refractivity contribution in [1.82, 2.24) is 20.1 Å². The molecule has 0 aliphatic heterocycles. The molecule has 1 unspecified atom stereocenters. The Bertz CT molecular complexity index is 851. The number of amides is 1. The highest BCUT2D eigenvalue weighted by molar-refractivity contribution is 6.30. The van der Waals surface area contributed by atoms with Gasteiger partial charge in [-0.05, 0) is 23.3 Å². The zero-order valence-corrected chi connectivity index (χ0v) is 14.1.